The van der Waals surface area contributed by atoms with Crippen molar-refractivity contribution in [3.63, 3.8) is 0 Å². The molecule has 0 amide bonds. The summed E-state index contributed by atoms with van der Waals surface area (Å²) in [7, 11) is 1.99. The molecule has 0 atom stereocenters. The predicted molar refractivity (Wildman–Crippen MR) is 60.7 cm³/mol. The smallest absolute Gasteiger partial charge is 0.0370 e. The second-order valence-corrected chi connectivity index (χ2v) is 3.85. The van der Waals surface area contributed by atoms with Gasteiger partial charge in [-0.15, -0.1) is 0 Å². The Labute approximate surface area is 85.9 Å². The summed E-state index contributed by atoms with van der Waals surface area (Å²) in [5, 5.41) is 3.24. The molecule has 2 rings (SSSR count). The number of nitrogens with one attached hydrogen (secondary N) is 1. The molecule has 1 fully saturated rings. The SMILES string of the molecule is CNc1ccccc1CCN1CCC1. The molecule has 0 unspecified atom stereocenters. The minimum absolute atomic E-state index is 1.16. The quantitative estimate of drug-likeness (QED) is 0.781. The summed E-state index contributed by atoms with van der Waals surface area (Å²) in [5.74, 6) is 0. The standard InChI is InChI=1S/C12H18N2/c1-13-12-6-3-2-5-11(12)7-10-14-8-4-9-14/h2-3,5-6,13H,4,7-10H2,1H3. The molecule has 1 saturated heterocycles. The summed E-state index contributed by atoms with van der Waals surface area (Å²) >= 11 is 0. The molecule has 76 valence electrons. The predicted octanol–water partition coefficient (Wildman–Crippen LogP) is 1.98. The second kappa shape index (κ2) is 4.47. The fourth-order valence-corrected chi connectivity index (χ4v) is 1.87. The Kier molecular flexibility index (Phi) is 3.04. The van der Waals surface area contributed by atoms with E-state index in [2.05, 4.69) is 34.5 Å². The molecule has 1 aliphatic rings. The van der Waals surface area contributed by atoms with E-state index >= 15 is 0 Å². The largest absolute Gasteiger partial charge is 0.388 e. The van der Waals surface area contributed by atoms with Crippen molar-refractivity contribution >= 4 is 5.69 Å². The number of para-hydroxylation sites is 1. The number of anilines is 1. The van der Waals surface area contributed by atoms with Crippen LogP contribution in [0.4, 0.5) is 5.69 Å². The van der Waals surface area contributed by atoms with Gasteiger partial charge < -0.3 is 10.2 Å². The van der Waals surface area contributed by atoms with Crippen molar-refractivity contribution in [2.24, 2.45) is 0 Å². The first-order valence-electron chi connectivity index (χ1n) is 5.38. The van der Waals surface area contributed by atoms with Crippen LogP contribution < -0.4 is 5.32 Å². The highest BCUT2D eigenvalue weighted by molar-refractivity contribution is 5.50. The Bertz CT molecular complexity index is 292. The van der Waals surface area contributed by atoms with Crippen molar-refractivity contribution in [2.75, 3.05) is 32.0 Å². The number of nitrogens with zero attached hydrogens (tertiary/aromatic N) is 1. The molecule has 0 saturated carbocycles. The monoisotopic (exact) mass is 190 g/mol. The minimum Gasteiger partial charge on any atom is -0.388 e. The van der Waals surface area contributed by atoms with Gasteiger partial charge in [-0.3, -0.25) is 0 Å². The lowest BCUT2D eigenvalue weighted by molar-refractivity contribution is 0.184. The molecule has 0 bridgehead atoms. The Morgan fingerprint density at radius 3 is 2.71 bits per heavy atom. The van der Waals surface area contributed by atoms with Crippen LogP contribution in [0.25, 0.3) is 0 Å². The molecule has 2 nitrogen and oxygen atoms in total. The molecule has 0 aliphatic carbocycles. The molecule has 14 heavy (non-hydrogen) atoms. The maximum atomic E-state index is 3.24. The Balaban J connectivity index is 1.93. The lowest BCUT2D eigenvalue weighted by Crippen LogP contribution is -2.38. The van der Waals surface area contributed by atoms with Crippen LogP contribution in [-0.2, 0) is 6.42 Å². The molecule has 2 heteroatoms. The van der Waals surface area contributed by atoms with E-state index in [1.165, 1.54) is 37.3 Å². The Hall–Kier alpha value is -1.02. The van der Waals surface area contributed by atoms with Crippen LogP contribution in [-0.4, -0.2) is 31.6 Å². The first-order valence-corrected chi connectivity index (χ1v) is 5.38. The van der Waals surface area contributed by atoms with Gasteiger partial charge in [0.15, 0.2) is 0 Å². The van der Waals surface area contributed by atoms with Crippen molar-refractivity contribution in [1.29, 1.82) is 0 Å². The van der Waals surface area contributed by atoms with Crippen LogP contribution in [0.2, 0.25) is 0 Å². The third-order valence-corrected chi connectivity index (χ3v) is 2.93. The van der Waals surface area contributed by atoms with Gasteiger partial charge in [-0.05, 0) is 37.6 Å². The van der Waals surface area contributed by atoms with Crippen molar-refractivity contribution in [3.8, 4) is 0 Å². The Morgan fingerprint density at radius 1 is 1.29 bits per heavy atom. The van der Waals surface area contributed by atoms with Gasteiger partial charge in [0.1, 0.15) is 0 Å². The van der Waals surface area contributed by atoms with E-state index in [4.69, 9.17) is 0 Å². The van der Waals surface area contributed by atoms with Gasteiger partial charge in [0, 0.05) is 19.3 Å². The number of hydrogen-bond donors (Lipinski definition) is 1. The molecule has 1 heterocycles. The maximum Gasteiger partial charge on any atom is 0.0370 e. The highest BCUT2D eigenvalue weighted by atomic mass is 15.2. The molecule has 0 aromatic heterocycles. The zero-order valence-corrected chi connectivity index (χ0v) is 8.79. The summed E-state index contributed by atoms with van der Waals surface area (Å²) < 4.78 is 0. The van der Waals surface area contributed by atoms with Gasteiger partial charge in [-0.2, -0.15) is 0 Å². The van der Waals surface area contributed by atoms with Crippen molar-refractivity contribution in [3.05, 3.63) is 29.8 Å². The molecule has 1 N–H and O–H groups in total. The van der Waals surface area contributed by atoms with Crippen LogP contribution in [0.3, 0.4) is 0 Å². The van der Waals surface area contributed by atoms with Gasteiger partial charge in [-0.1, -0.05) is 18.2 Å². The van der Waals surface area contributed by atoms with Crippen LogP contribution in [0.1, 0.15) is 12.0 Å². The fourth-order valence-electron chi connectivity index (χ4n) is 1.87. The number of benzene rings is 1. The van der Waals surface area contributed by atoms with Crippen LogP contribution in [0.5, 0.6) is 0 Å². The summed E-state index contributed by atoms with van der Waals surface area (Å²) in [6, 6.07) is 8.56. The second-order valence-electron chi connectivity index (χ2n) is 3.85. The average Bonchev–Trinajstić information content (AvgIpc) is 2.16. The summed E-state index contributed by atoms with van der Waals surface area (Å²) in [4.78, 5) is 2.51. The van der Waals surface area contributed by atoms with Crippen LogP contribution in [0.15, 0.2) is 24.3 Å². The molecular weight excluding hydrogens is 172 g/mol. The average molecular weight is 190 g/mol. The van der Waals surface area contributed by atoms with E-state index in [1.807, 2.05) is 7.05 Å². The van der Waals surface area contributed by atoms with Crippen LogP contribution in [0, 0.1) is 0 Å². The minimum atomic E-state index is 1.16. The van der Waals surface area contributed by atoms with Crippen molar-refractivity contribution in [1.82, 2.24) is 4.90 Å². The molecular formula is C12H18N2. The molecule has 0 spiro atoms. The number of rotatable bonds is 4. The third-order valence-electron chi connectivity index (χ3n) is 2.93. The molecule has 1 aliphatic heterocycles. The zero-order valence-electron chi connectivity index (χ0n) is 8.79. The fraction of sp³-hybridized carbons (Fsp3) is 0.500. The van der Waals surface area contributed by atoms with Gasteiger partial charge in [-0.25, -0.2) is 0 Å². The highest BCUT2D eigenvalue weighted by Crippen LogP contribution is 2.16. The topological polar surface area (TPSA) is 15.3 Å². The molecule has 0 radical (unpaired) electrons. The summed E-state index contributed by atoms with van der Waals surface area (Å²) in [6.07, 6.45) is 2.55. The van der Waals surface area contributed by atoms with Crippen LogP contribution >= 0.6 is 0 Å². The van der Waals surface area contributed by atoms with E-state index in [1.54, 1.807) is 0 Å². The van der Waals surface area contributed by atoms with E-state index in [0.29, 0.717) is 0 Å². The first-order chi connectivity index (χ1) is 6.90. The van der Waals surface area contributed by atoms with E-state index < -0.39 is 0 Å². The van der Waals surface area contributed by atoms with Crippen molar-refractivity contribution in [2.45, 2.75) is 12.8 Å². The Morgan fingerprint density at radius 2 is 2.07 bits per heavy atom. The van der Waals surface area contributed by atoms with E-state index in [9.17, 15) is 0 Å². The first kappa shape index (κ1) is 9.53. The maximum absolute atomic E-state index is 3.24. The van der Waals surface area contributed by atoms with Crippen molar-refractivity contribution < 1.29 is 0 Å². The van der Waals surface area contributed by atoms with Gasteiger partial charge in [0.05, 0.1) is 0 Å². The normalized spacial score (nSPS) is 16.4. The highest BCUT2D eigenvalue weighted by Gasteiger charge is 2.13. The third kappa shape index (κ3) is 2.07. The van der Waals surface area contributed by atoms with E-state index in [0.717, 1.165) is 6.42 Å². The molecule has 1 aromatic carbocycles. The van der Waals surface area contributed by atoms with E-state index in [-0.39, 0.29) is 0 Å². The molecule has 1 aromatic rings. The summed E-state index contributed by atoms with van der Waals surface area (Å²) in [6.45, 7) is 3.79. The van der Waals surface area contributed by atoms with Gasteiger partial charge in [0.2, 0.25) is 0 Å². The zero-order chi connectivity index (χ0) is 9.80. The summed E-state index contributed by atoms with van der Waals surface area (Å²) in [5.41, 5.74) is 2.70. The number of hydrogen-bond acceptors (Lipinski definition) is 2. The number of likely N-dealkylation sites (tertiary alicyclic amines) is 1. The van der Waals surface area contributed by atoms with Gasteiger partial charge in [0.25, 0.3) is 0 Å². The lowest BCUT2D eigenvalue weighted by atomic mass is 10.1. The lowest BCUT2D eigenvalue weighted by Gasteiger charge is -2.30. The van der Waals surface area contributed by atoms with Gasteiger partial charge >= 0.3 is 0 Å².